The van der Waals surface area contributed by atoms with Crippen LogP contribution in [0.25, 0.3) is 27.7 Å². The SMILES string of the molecule is C=C/C(CCC)=C(/NC(CCC)(CCC(C)CC)C(C)=O)c1cc(Cl)c(-c2c(C)ccc3[nH]ncc23)c(F)c1CCC. The van der Waals surface area contributed by atoms with Gasteiger partial charge >= 0.3 is 0 Å². The molecule has 2 unspecified atom stereocenters. The Kier molecular flexibility index (Phi) is 12.0. The Morgan fingerprint density at radius 3 is 2.50 bits per heavy atom. The lowest BCUT2D eigenvalue weighted by Gasteiger charge is -2.37. The van der Waals surface area contributed by atoms with Gasteiger partial charge in [-0.2, -0.15) is 5.10 Å². The normalized spacial score (nSPS) is 14.4. The summed E-state index contributed by atoms with van der Waals surface area (Å²) in [5.41, 5.74) is 5.20. The number of benzene rings is 2. The van der Waals surface area contributed by atoms with Crippen LogP contribution in [-0.2, 0) is 11.2 Å². The van der Waals surface area contributed by atoms with Crippen molar-refractivity contribution in [2.75, 3.05) is 0 Å². The van der Waals surface area contributed by atoms with Crippen LogP contribution in [0.2, 0.25) is 5.02 Å². The summed E-state index contributed by atoms with van der Waals surface area (Å²) in [4.78, 5) is 13.5. The van der Waals surface area contributed by atoms with E-state index in [4.69, 9.17) is 11.6 Å². The highest BCUT2D eigenvalue weighted by Gasteiger charge is 2.36. The van der Waals surface area contributed by atoms with Crippen molar-refractivity contribution in [2.24, 2.45) is 5.92 Å². The number of allylic oxidation sites excluding steroid dienone is 2. The average molecular weight is 594 g/mol. The molecule has 0 aliphatic heterocycles. The highest BCUT2D eigenvalue weighted by molar-refractivity contribution is 6.34. The molecule has 0 fully saturated rings. The Morgan fingerprint density at radius 1 is 1.17 bits per heavy atom. The van der Waals surface area contributed by atoms with E-state index in [1.54, 1.807) is 13.1 Å². The molecule has 0 saturated carbocycles. The first kappa shape index (κ1) is 33.6. The lowest BCUT2D eigenvalue weighted by molar-refractivity contribution is -0.123. The topological polar surface area (TPSA) is 57.8 Å². The summed E-state index contributed by atoms with van der Waals surface area (Å²) in [5.74, 6) is 0.284. The highest BCUT2D eigenvalue weighted by atomic mass is 35.5. The number of fused-ring (bicyclic) bond motifs is 1. The third kappa shape index (κ3) is 6.99. The molecular formula is C36H49ClFN3O. The molecule has 3 rings (SSSR count). The van der Waals surface area contributed by atoms with Crippen LogP contribution in [0.1, 0.15) is 110 Å². The molecule has 3 aromatic rings. The summed E-state index contributed by atoms with van der Waals surface area (Å²) in [7, 11) is 0. The van der Waals surface area contributed by atoms with Gasteiger partial charge in [0.1, 0.15) is 5.82 Å². The zero-order valence-electron chi connectivity index (χ0n) is 26.6. The predicted molar refractivity (Wildman–Crippen MR) is 177 cm³/mol. The molecule has 0 saturated heterocycles. The number of hydrogen-bond donors (Lipinski definition) is 2. The second kappa shape index (κ2) is 15.0. The van der Waals surface area contributed by atoms with Crippen molar-refractivity contribution in [3.8, 4) is 11.1 Å². The fraction of sp³-hybridized carbons (Fsp3) is 0.500. The van der Waals surface area contributed by atoms with E-state index < -0.39 is 5.54 Å². The molecule has 1 heterocycles. The monoisotopic (exact) mass is 593 g/mol. The Balaban J connectivity index is 2.35. The number of carbonyl (C=O) groups excluding carboxylic acids is 1. The van der Waals surface area contributed by atoms with E-state index in [-0.39, 0.29) is 11.6 Å². The summed E-state index contributed by atoms with van der Waals surface area (Å²) in [6.45, 7) is 18.5. The lowest BCUT2D eigenvalue weighted by Crippen LogP contribution is -2.50. The van der Waals surface area contributed by atoms with E-state index in [2.05, 4.69) is 56.7 Å². The minimum Gasteiger partial charge on any atom is -0.372 e. The van der Waals surface area contributed by atoms with Gasteiger partial charge in [0.05, 0.1) is 22.3 Å². The first-order valence-electron chi connectivity index (χ1n) is 15.7. The molecule has 0 bridgehead atoms. The Morgan fingerprint density at radius 2 is 1.90 bits per heavy atom. The molecule has 0 radical (unpaired) electrons. The van der Waals surface area contributed by atoms with Crippen molar-refractivity contribution in [1.82, 2.24) is 15.5 Å². The summed E-state index contributed by atoms with van der Waals surface area (Å²) >= 11 is 7.05. The van der Waals surface area contributed by atoms with Gasteiger partial charge in [-0.25, -0.2) is 4.39 Å². The number of ketones is 1. The van der Waals surface area contributed by atoms with E-state index in [0.717, 1.165) is 71.8 Å². The van der Waals surface area contributed by atoms with E-state index >= 15 is 4.39 Å². The van der Waals surface area contributed by atoms with E-state index in [9.17, 15) is 4.79 Å². The molecule has 0 aliphatic carbocycles. The minimum absolute atomic E-state index is 0.104. The molecule has 0 amide bonds. The van der Waals surface area contributed by atoms with Gasteiger partial charge in [0.25, 0.3) is 0 Å². The van der Waals surface area contributed by atoms with Crippen LogP contribution in [0.4, 0.5) is 4.39 Å². The standard InChI is InChI=1S/C36H49ClFN3O/c1-9-14-26(13-5)35(40-36(19-11-3,25(8)42)20-18-23(6)12-4)28-21-30(37)33(34(38)27(28)15-10-2)32-24(7)16-17-31-29(32)22-39-41-31/h13,16-17,21-23,40H,5,9-12,14-15,18-20H2,1-4,6-8H3,(H,39,41)/b35-26-. The number of Topliss-reactive ketones (excluding diaryl/α,β-unsaturated/α-hetero) is 1. The number of rotatable bonds is 16. The maximum Gasteiger partial charge on any atom is 0.155 e. The number of aromatic amines is 1. The van der Waals surface area contributed by atoms with Crippen molar-refractivity contribution in [3.05, 3.63) is 70.2 Å². The zero-order valence-corrected chi connectivity index (χ0v) is 27.4. The average Bonchev–Trinajstić information content (AvgIpc) is 3.44. The quantitative estimate of drug-likeness (QED) is 0.162. The minimum atomic E-state index is -0.764. The van der Waals surface area contributed by atoms with Crippen molar-refractivity contribution in [2.45, 2.75) is 112 Å². The Hall–Kier alpha value is -2.92. The third-order valence-electron chi connectivity index (χ3n) is 8.73. The van der Waals surface area contributed by atoms with Crippen LogP contribution in [0, 0.1) is 18.7 Å². The van der Waals surface area contributed by atoms with Crippen LogP contribution in [0.15, 0.2) is 42.6 Å². The zero-order chi connectivity index (χ0) is 31.0. The number of nitrogens with one attached hydrogen (secondary N) is 2. The third-order valence-corrected chi connectivity index (χ3v) is 9.03. The first-order valence-corrected chi connectivity index (χ1v) is 16.1. The molecular weight excluding hydrogens is 545 g/mol. The van der Waals surface area contributed by atoms with Gasteiger partial charge in [0.2, 0.25) is 0 Å². The lowest BCUT2D eigenvalue weighted by atomic mass is 9.80. The van der Waals surface area contributed by atoms with Gasteiger partial charge in [-0.15, -0.1) is 0 Å². The number of carbonyl (C=O) groups is 1. The largest absolute Gasteiger partial charge is 0.372 e. The summed E-state index contributed by atoms with van der Waals surface area (Å²) in [6.07, 6.45) is 10.7. The number of aromatic nitrogens is 2. The van der Waals surface area contributed by atoms with E-state index in [1.165, 1.54) is 0 Å². The predicted octanol–water partition coefficient (Wildman–Crippen LogP) is 10.5. The second-order valence-corrected chi connectivity index (χ2v) is 12.2. The van der Waals surface area contributed by atoms with Gasteiger partial charge in [-0.05, 0) is 80.7 Å². The van der Waals surface area contributed by atoms with Crippen molar-refractivity contribution in [3.63, 3.8) is 0 Å². The van der Waals surface area contributed by atoms with E-state index in [0.29, 0.717) is 46.9 Å². The molecule has 2 N–H and O–H groups in total. The molecule has 1 aromatic heterocycles. The molecule has 228 valence electrons. The maximum atomic E-state index is 17.0. The number of halogens is 2. The summed E-state index contributed by atoms with van der Waals surface area (Å²) in [6, 6.07) is 5.82. The van der Waals surface area contributed by atoms with Crippen LogP contribution in [0.3, 0.4) is 0 Å². The summed E-state index contributed by atoms with van der Waals surface area (Å²) < 4.78 is 17.0. The number of nitrogens with zero attached hydrogens (tertiary/aromatic N) is 1. The number of hydrogen-bond acceptors (Lipinski definition) is 3. The molecule has 42 heavy (non-hydrogen) atoms. The van der Waals surface area contributed by atoms with Crippen LogP contribution in [0.5, 0.6) is 0 Å². The molecule has 4 nitrogen and oxygen atoms in total. The fourth-order valence-electron chi connectivity index (χ4n) is 6.04. The molecule has 0 spiro atoms. The Labute approximate surface area is 257 Å². The number of aryl methyl sites for hydroxylation is 1. The fourth-order valence-corrected chi connectivity index (χ4v) is 6.32. The van der Waals surface area contributed by atoms with Gasteiger partial charge in [0, 0.05) is 27.8 Å². The van der Waals surface area contributed by atoms with Crippen molar-refractivity contribution >= 4 is 34.0 Å². The second-order valence-electron chi connectivity index (χ2n) is 11.8. The van der Waals surface area contributed by atoms with Crippen LogP contribution >= 0.6 is 11.6 Å². The van der Waals surface area contributed by atoms with Crippen molar-refractivity contribution in [1.29, 1.82) is 0 Å². The van der Waals surface area contributed by atoms with Gasteiger partial charge in [-0.3, -0.25) is 9.89 Å². The molecule has 2 aromatic carbocycles. The molecule has 0 aliphatic rings. The van der Waals surface area contributed by atoms with Crippen LogP contribution in [-0.4, -0.2) is 21.5 Å². The van der Waals surface area contributed by atoms with E-state index in [1.807, 2.05) is 31.2 Å². The maximum absolute atomic E-state index is 17.0. The van der Waals surface area contributed by atoms with Gasteiger partial charge < -0.3 is 5.32 Å². The van der Waals surface area contributed by atoms with Crippen LogP contribution < -0.4 is 5.32 Å². The van der Waals surface area contributed by atoms with Gasteiger partial charge in [-0.1, -0.05) is 90.6 Å². The van der Waals surface area contributed by atoms with Gasteiger partial charge in [0.15, 0.2) is 5.78 Å². The first-order chi connectivity index (χ1) is 20.1. The molecule has 6 heteroatoms. The molecule has 2 atom stereocenters. The summed E-state index contributed by atoms with van der Waals surface area (Å²) in [5, 5.41) is 12.1. The number of H-pyrrole nitrogens is 1. The van der Waals surface area contributed by atoms with Crippen molar-refractivity contribution < 1.29 is 9.18 Å². The highest BCUT2D eigenvalue weighted by Crippen LogP contribution is 2.42. The Bertz CT molecular complexity index is 1440. The smallest absolute Gasteiger partial charge is 0.155 e.